The van der Waals surface area contributed by atoms with Crippen molar-refractivity contribution in [1.82, 2.24) is 5.32 Å². The maximum atomic E-state index is 12.4. The van der Waals surface area contributed by atoms with Crippen LogP contribution in [0.2, 0.25) is 0 Å². The molecule has 0 bridgehead atoms. The summed E-state index contributed by atoms with van der Waals surface area (Å²) in [4.78, 5) is 12.4. The topological polar surface area (TPSA) is 47.6 Å². The molecule has 1 aliphatic heterocycles. The molecular formula is C21H25NO3. The van der Waals surface area contributed by atoms with Gasteiger partial charge in [-0.25, -0.2) is 0 Å². The Morgan fingerprint density at radius 1 is 1.20 bits per heavy atom. The molecule has 0 aliphatic carbocycles. The van der Waals surface area contributed by atoms with Gasteiger partial charge in [0.05, 0.1) is 6.04 Å². The number of aryl methyl sites for hydroxylation is 1. The highest BCUT2D eigenvalue weighted by Crippen LogP contribution is 2.39. The molecular weight excluding hydrogens is 314 g/mol. The average molecular weight is 339 g/mol. The van der Waals surface area contributed by atoms with Gasteiger partial charge in [0.1, 0.15) is 17.1 Å². The van der Waals surface area contributed by atoms with Crippen molar-refractivity contribution < 1.29 is 14.3 Å². The molecule has 132 valence electrons. The van der Waals surface area contributed by atoms with Crippen LogP contribution < -0.4 is 14.8 Å². The van der Waals surface area contributed by atoms with Crippen molar-refractivity contribution in [3.8, 4) is 11.5 Å². The van der Waals surface area contributed by atoms with Crippen LogP contribution in [-0.4, -0.2) is 18.1 Å². The standard InChI is InChI=1S/C21H25NO3/c1-14-8-7-11-18(15(14)2)24-13-20(23)22-17-12-21(3,4)25-19-10-6-5-9-16(17)19/h5-11,17H,12-13H2,1-4H3,(H,22,23). The highest BCUT2D eigenvalue weighted by molar-refractivity contribution is 5.78. The van der Waals surface area contributed by atoms with Crippen molar-refractivity contribution in [2.24, 2.45) is 0 Å². The lowest BCUT2D eigenvalue weighted by Crippen LogP contribution is -2.42. The number of fused-ring (bicyclic) bond motifs is 1. The lowest BCUT2D eigenvalue weighted by atomic mass is 9.89. The lowest BCUT2D eigenvalue weighted by molar-refractivity contribution is -0.124. The van der Waals surface area contributed by atoms with Crippen LogP contribution >= 0.6 is 0 Å². The van der Waals surface area contributed by atoms with Crippen LogP contribution in [0.1, 0.15) is 43.0 Å². The minimum atomic E-state index is -0.319. The van der Waals surface area contributed by atoms with Crippen molar-refractivity contribution in [3.05, 3.63) is 59.2 Å². The second-order valence-electron chi connectivity index (χ2n) is 7.21. The molecule has 1 amide bonds. The Labute approximate surface area is 149 Å². The normalized spacial score (nSPS) is 18.0. The SMILES string of the molecule is Cc1cccc(OCC(=O)NC2CC(C)(C)Oc3ccccc32)c1C. The summed E-state index contributed by atoms with van der Waals surface area (Å²) >= 11 is 0. The highest BCUT2D eigenvalue weighted by Gasteiger charge is 2.34. The van der Waals surface area contributed by atoms with E-state index in [2.05, 4.69) is 5.32 Å². The van der Waals surface area contributed by atoms with Crippen molar-refractivity contribution in [3.63, 3.8) is 0 Å². The molecule has 1 atom stereocenters. The molecule has 0 aromatic heterocycles. The predicted molar refractivity (Wildman–Crippen MR) is 98.1 cm³/mol. The Hall–Kier alpha value is -2.49. The van der Waals surface area contributed by atoms with Gasteiger partial charge in [-0.05, 0) is 51.0 Å². The number of ether oxygens (including phenoxy) is 2. The molecule has 1 unspecified atom stereocenters. The minimum Gasteiger partial charge on any atom is -0.487 e. The molecule has 2 aromatic rings. The number of carbonyl (C=O) groups is 1. The largest absolute Gasteiger partial charge is 0.487 e. The summed E-state index contributed by atoms with van der Waals surface area (Å²) in [7, 11) is 0. The summed E-state index contributed by atoms with van der Waals surface area (Å²) < 4.78 is 11.7. The van der Waals surface area contributed by atoms with Gasteiger partial charge >= 0.3 is 0 Å². The zero-order chi connectivity index (χ0) is 18.0. The molecule has 1 N–H and O–H groups in total. The highest BCUT2D eigenvalue weighted by atomic mass is 16.5. The van der Waals surface area contributed by atoms with Gasteiger partial charge in [0, 0.05) is 12.0 Å². The smallest absolute Gasteiger partial charge is 0.258 e. The van der Waals surface area contributed by atoms with E-state index in [1.807, 2.05) is 70.2 Å². The first-order chi connectivity index (χ1) is 11.9. The Morgan fingerprint density at radius 2 is 1.96 bits per heavy atom. The van der Waals surface area contributed by atoms with Gasteiger partial charge in [-0.2, -0.15) is 0 Å². The third-order valence-corrected chi connectivity index (χ3v) is 4.63. The van der Waals surface area contributed by atoms with Crippen LogP contribution in [0.15, 0.2) is 42.5 Å². The summed E-state index contributed by atoms with van der Waals surface area (Å²) in [6.45, 7) is 8.11. The van der Waals surface area contributed by atoms with Crippen molar-refractivity contribution in [2.75, 3.05) is 6.61 Å². The van der Waals surface area contributed by atoms with E-state index in [4.69, 9.17) is 9.47 Å². The maximum Gasteiger partial charge on any atom is 0.258 e. The van der Waals surface area contributed by atoms with Crippen molar-refractivity contribution >= 4 is 5.91 Å². The van der Waals surface area contributed by atoms with Gasteiger partial charge < -0.3 is 14.8 Å². The fourth-order valence-corrected chi connectivity index (χ4v) is 3.19. The van der Waals surface area contributed by atoms with Crippen LogP contribution in [0.3, 0.4) is 0 Å². The third-order valence-electron chi connectivity index (χ3n) is 4.63. The third kappa shape index (κ3) is 3.95. The molecule has 0 spiro atoms. The van der Waals surface area contributed by atoms with Crippen LogP contribution in [0, 0.1) is 13.8 Å². The van der Waals surface area contributed by atoms with Crippen molar-refractivity contribution in [1.29, 1.82) is 0 Å². The minimum absolute atomic E-state index is 0.00421. The van der Waals surface area contributed by atoms with Crippen LogP contribution in [0.4, 0.5) is 0 Å². The first kappa shape index (κ1) is 17.3. The zero-order valence-corrected chi connectivity index (χ0v) is 15.3. The number of benzene rings is 2. The number of hydrogen-bond acceptors (Lipinski definition) is 3. The Kier molecular flexibility index (Phi) is 4.71. The van der Waals surface area contributed by atoms with E-state index >= 15 is 0 Å². The monoisotopic (exact) mass is 339 g/mol. The fourth-order valence-electron chi connectivity index (χ4n) is 3.19. The van der Waals surface area contributed by atoms with Gasteiger partial charge in [0.2, 0.25) is 0 Å². The van der Waals surface area contributed by atoms with Gasteiger partial charge in [-0.15, -0.1) is 0 Å². The Balaban J connectivity index is 1.68. The van der Waals surface area contributed by atoms with E-state index in [9.17, 15) is 4.79 Å². The molecule has 0 radical (unpaired) electrons. The number of hydrogen-bond donors (Lipinski definition) is 1. The molecule has 3 rings (SSSR count). The van der Waals surface area contributed by atoms with Crippen LogP contribution in [0.5, 0.6) is 11.5 Å². The quantitative estimate of drug-likeness (QED) is 0.912. The van der Waals surface area contributed by atoms with E-state index < -0.39 is 0 Å². The van der Waals surface area contributed by atoms with E-state index in [1.54, 1.807) is 0 Å². The van der Waals surface area contributed by atoms with Crippen molar-refractivity contribution in [2.45, 2.75) is 45.8 Å². The molecule has 25 heavy (non-hydrogen) atoms. The summed E-state index contributed by atoms with van der Waals surface area (Å²) in [5, 5.41) is 3.09. The van der Waals surface area contributed by atoms with E-state index in [0.717, 1.165) is 34.6 Å². The van der Waals surface area contributed by atoms with Gasteiger partial charge in [0.25, 0.3) is 5.91 Å². The van der Waals surface area contributed by atoms with Crippen LogP contribution in [-0.2, 0) is 4.79 Å². The first-order valence-electron chi connectivity index (χ1n) is 8.62. The van der Waals surface area contributed by atoms with Gasteiger partial charge in [-0.1, -0.05) is 30.3 Å². The number of nitrogens with one attached hydrogen (secondary N) is 1. The van der Waals surface area contributed by atoms with Gasteiger partial charge in [-0.3, -0.25) is 4.79 Å². The van der Waals surface area contributed by atoms with Gasteiger partial charge in [0.15, 0.2) is 6.61 Å². The second-order valence-corrected chi connectivity index (χ2v) is 7.21. The molecule has 0 saturated carbocycles. The Bertz CT molecular complexity index is 782. The van der Waals surface area contributed by atoms with E-state index in [0.29, 0.717) is 0 Å². The second kappa shape index (κ2) is 6.79. The average Bonchev–Trinajstić information content (AvgIpc) is 2.55. The summed E-state index contributed by atoms with van der Waals surface area (Å²) in [6.07, 6.45) is 0.721. The number of amides is 1. The summed E-state index contributed by atoms with van der Waals surface area (Å²) in [6, 6.07) is 13.6. The molecule has 0 saturated heterocycles. The number of carbonyl (C=O) groups excluding carboxylic acids is 1. The number of rotatable bonds is 4. The number of para-hydroxylation sites is 1. The van der Waals surface area contributed by atoms with Crippen LogP contribution in [0.25, 0.3) is 0 Å². The zero-order valence-electron chi connectivity index (χ0n) is 15.3. The molecule has 1 aliphatic rings. The molecule has 4 nitrogen and oxygen atoms in total. The van der Waals surface area contributed by atoms with E-state index in [1.165, 1.54) is 0 Å². The van der Waals surface area contributed by atoms with E-state index in [-0.39, 0.29) is 24.2 Å². The summed E-state index contributed by atoms with van der Waals surface area (Å²) in [5.74, 6) is 1.46. The molecule has 2 aromatic carbocycles. The Morgan fingerprint density at radius 3 is 2.76 bits per heavy atom. The molecule has 4 heteroatoms. The maximum absolute atomic E-state index is 12.4. The first-order valence-corrected chi connectivity index (χ1v) is 8.62. The predicted octanol–water partition coefficient (Wildman–Crippen LogP) is 4.10. The molecule has 0 fully saturated rings. The lowest BCUT2D eigenvalue weighted by Gasteiger charge is -2.37. The summed E-state index contributed by atoms with van der Waals surface area (Å²) in [5.41, 5.74) is 2.91. The fraction of sp³-hybridized carbons (Fsp3) is 0.381. The molecule has 1 heterocycles.